The Kier molecular flexibility index (Phi) is 12.5. The van der Waals surface area contributed by atoms with Gasteiger partial charge in [-0.25, -0.2) is 4.79 Å². The summed E-state index contributed by atoms with van der Waals surface area (Å²) >= 11 is 0. The Bertz CT molecular complexity index is 1110. The van der Waals surface area contributed by atoms with Crippen LogP contribution in [0.3, 0.4) is 0 Å². The zero-order chi connectivity index (χ0) is 35.0. The highest BCUT2D eigenvalue weighted by atomic mass is 28.4. The molecule has 1 amide bonds. The van der Waals surface area contributed by atoms with Gasteiger partial charge >= 0.3 is 6.09 Å². The van der Waals surface area contributed by atoms with Crippen LogP contribution >= 0.6 is 0 Å². The number of amides is 1. The smallest absolute Gasteiger partial charge is 0.412 e. The average molecular weight is 666 g/mol. The standard InChI is InChI=1S/C36H67NO6Si2/c1-25(19-18-20-28(4)38)22-29(42-44(14,15)34(8,9)10)31-30(43-45(16,17)35(11,12)13)23-36(40-31)27(3)21-26(2)24-37(36)32(39)41-33(5,6)7/h25-27,29-31H,19,21-24H2,1-17H3/t25-,26-,27+,29-,30-,31-,36+/m0/s1. The normalized spacial score (nSPS) is 28.0. The molecule has 0 aromatic carbocycles. The summed E-state index contributed by atoms with van der Waals surface area (Å²) in [5.41, 5.74) is -1.49. The quantitative estimate of drug-likeness (QED) is 0.146. The second kappa shape index (κ2) is 14.1. The van der Waals surface area contributed by atoms with Gasteiger partial charge in [-0.05, 0) is 87.6 Å². The number of ether oxygens (including phenoxy) is 2. The van der Waals surface area contributed by atoms with Crippen LogP contribution in [0.5, 0.6) is 0 Å². The number of carbonyl (C=O) groups is 2. The predicted octanol–water partition coefficient (Wildman–Crippen LogP) is 9.17. The molecule has 0 radical (unpaired) electrons. The first-order chi connectivity index (χ1) is 20.1. The third-order valence-corrected chi connectivity index (χ3v) is 19.5. The molecule has 2 aliphatic heterocycles. The largest absolute Gasteiger partial charge is 0.444 e. The maximum absolute atomic E-state index is 13.9. The number of piperidine rings is 1. The van der Waals surface area contributed by atoms with Crippen molar-refractivity contribution in [3.8, 4) is 11.8 Å². The van der Waals surface area contributed by atoms with E-state index in [1.165, 1.54) is 6.92 Å². The number of Topliss-reactive ketones (excluding diaryl/α,β-unsaturated/α-hetero) is 1. The van der Waals surface area contributed by atoms with Crippen LogP contribution in [0.15, 0.2) is 0 Å². The molecule has 7 atom stereocenters. The fraction of sp³-hybridized carbons (Fsp3) is 0.889. The summed E-state index contributed by atoms with van der Waals surface area (Å²) in [6.07, 6.45) is 1.61. The van der Waals surface area contributed by atoms with Crippen LogP contribution in [-0.4, -0.2) is 69.6 Å². The van der Waals surface area contributed by atoms with Gasteiger partial charge in [0, 0.05) is 32.2 Å². The van der Waals surface area contributed by atoms with Crippen LogP contribution in [-0.2, 0) is 23.1 Å². The van der Waals surface area contributed by atoms with Crippen molar-refractivity contribution >= 4 is 28.5 Å². The van der Waals surface area contributed by atoms with Gasteiger partial charge < -0.3 is 18.3 Å². The van der Waals surface area contributed by atoms with Gasteiger partial charge in [-0.2, -0.15) is 0 Å². The highest BCUT2D eigenvalue weighted by Crippen LogP contribution is 2.51. The highest BCUT2D eigenvalue weighted by molar-refractivity contribution is 6.74. The van der Waals surface area contributed by atoms with Gasteiger partial charge in [-0.3, -0.25) is 9.69 Å². The van der Waals surface area contributed by atoms with Gasteiger partial charge in [-0.1, -0.05) is 68.2 Å². The fourth-order valence-electron chi connectivity index (χ4n) is 6.01. The Morgan fingerprint density at radius 2 is 1.53 bits per heavy atom. The lowest BCUT2D eigenvalue weighted by Crippen LogP contribution is -2.62. The lowest BCUT2D eigenvalue weighted by atomic mass is 9.80. The number of hydrogen-bond acceptors (Lipinski definition) is 6. The minimum absolute atomic E-state index is 0.00376. The minimum atomic E-state index is -2.26. The number of carbonyl (C=O) groups excluding carboxylic acids is 2. The molecular formula is C36H67NO6Si2. The molecule has 2 saturated heterocycles. The molecule has 0 aliphatic carbocycles. The monoisotopic (exact) mass is 665 g/mol. The van der Waals surface area contributed by atoms with E-state index in [1.807, 2.05) is 25.7 Å². The van der Waals surface area contributed by atoms with Gasteiger partial charge in [0.2, 0.25) is 5.78 Å². The van der Waals surface area contributed by atoms with E-state index in [-0.39, 0.29) is 52.1 Å². The van der Waals surface area contributed by atoms with Crippen LogP contribution in [0.4, 0.5) is 4.79 Å². The first-order valence-electron chi connectivity index (χ1n) is 17.2. The van der Waals surface area contributed by atoms with E-state index in [0.29, 0.717) is 31.7 Å². The third-order valence-electron chi connectivity index (χ3n) is 10.5. The average Bonchev–Trinajstić information content (AvgIpc) is 3.17. The van der Waals surface area contributed by atoms with Crippen molar-refractivity contribution in [2.24, 2.45) is 17.8 Å². The lowest BCUT2D eigenvalue weighted by Gasteiger charge is -2.50. The zero-order valence-corrected chi connectivity index (χ0v) is 33.9. The molecule has 2 rings (SSSR count). The molecule has 2 aliphatic rings. The van der Waals surface area contributed by atoms with Gasteiger partial charge in [0.25, 0.3) is 0 Å². The fourth-order valence-corrected chi connectivity index (χ4v) is 8.68. The maximum atomic E-state index is 13.9. The van der Waals surface area contributed by atoms with E-state index >= 15 is 0 Å². The molecule has 2 heterocycles. The Labute approximate surface area is 278 Å². The summed E-state index contributed by atoms with van der Waals surface area (Å²) in [4.78, 5) is 27.4. The zero-order valence-electron chi connectivity index (χ0n) is 31.9. The molecule has 0 aromatic heterocycles. The van der Waals surface area contributed by atoms with Gasteiger partial charge in [0.15, 0.2) is 22.4 Å². The molecule has 0 aromatic rings. The second-order valence-electron chi connectivity index (χ2n) is 18.2. The molecule has 0 unspecified atom stereocenters. The van der Waals surface area contributed by atoms with Crippen molar-refractivity contribution in [2.75, 3.05) is 6.54 Å². The number of ketones is 1. The number of hydrogen-bond donors (Lipinski definition) is 0. The van der Waals surface area contributed by atoms with Crippen molar-refractivity contribution in [1.29, 1.82) is 0 Å². The van der Waals surface area contributed by atoms with Crippen molar-refractivity contribution in [1.82, 2.24) is 4.90 Å². The Morgan fingerprint density at radius 1 is 0.978 bits per heavy atom. The van der Waals surface area contributed by atoms with Gasteiger partial charge in [-0.15, -0.1) is 0 Å². The van der Waals surface area contributed by atoms with Crippen LogP contribution in [0.25, 0.3) is 0 Å². The highest BCUT2D eigenvalue weighted by Gasteiger charge is 2.61. The van der Waals surface area contributed by atoms with E-state index in [1.54, 1.807) is 0 Å². The SMILES string of the molecule is CC(=O)C#CC[C@H](C)C[C@H](O[Si](C)(C)C(C)(C)C)[C@@H]1O[C@]2(C[C@@H]1O[Si](C)(C)C(C)(C)C)[C@H](C)C[C@H](C)CN2C(=O)OC(C)(C)C. The molecule has 45 heavy (non-hydrogen) atoms. The molecule has 0 saturated carbocycles. The van der Waals surface area contributed by atoms with Gasteiger partial charge in [0.1, 0.15) is 11.7 Å². The minimum Gasteiger partial charge on any atom is -0.444 e. The van der Waals surface area contributed by atoms with Crippen LogP contribution in [0.2, 0.25) is 36.3 Å². The van der Waals surface area contributed by atoms with Crippen LogP contribution in [0, 0.1) is 29.6 Å². The second-order valence-corrected chi connectivity index (χ2v) is 27.7. The predicted molar refractivity (Wildman–Crippen MR) is 189 cm³/mol. The molecule has 9 heteroatoms. The Hall–Kier alpha value is -1.19. The Morgan fingerprint density at radius 3 is 2.02 bits per heavy atom. The molecule has 0 bridgehead atoms. The third kappa shape index (κ3) is 10.2. The topological polar surface area (TPSA) is 74.3 Å². The molecule has 1 spiro atoms. The first-order valence-corrected chi connectivity index (χ1v) is 23.0. The van der Waals surface area contributed by atoms with E-state index in [2.05, 4.69) is 100 Å². The lowest BCUT2D eigenvalue weighted by molar-refractivity contribution is -0.207. The summed E-state index contributed by atoms with van der Waals surface area (Å²) in [7, 11) is -4.50. The molecule has 260 valence electrons. The van der Waals surface area contributed by atoms with Crippen molar-refractivity contribution in [3.05, 3.63) is 0 Å². The molecule has 7 nitrogen and oxygen atoms in total. The molecule has 2 fully saturated rings. The number of likely N-dealkylation sites (tertiary alicyclic amines) is 1. The van der Waals surface area contributed by atoms with Crippen LogP contribution in [0.1, 0.15) is 116 Å². The number of nitrogens with zero attached hydrogens (tertiary/aromatic N) is 1. The first kappa shape index (κ1) is 40.0. The van der Waals surface area contributed by atoms with E-state index in [4.69, 9.17) is 18.3 Å². The molecule has 0 N–H and O–H groups in total. The van der Waals surface area contributed by atoms with E-state index in [0.717, 1.165) is 6.42 Å². The summed E-state index contributed by atoms with van der Waals surface area (Å²) in [5, 5.41) is -0.0126. The van der Waals surface area contributed by atoms with Crippen molar-refractivity contribution < 1.29 is 27.9 Å². The van der Waals surface area contributed by atoms with E-state index < -0.39 is 28.0 Å². The number of rotatable bonds is 8. The maximum Gasteiger partial charge on any atom is 0.412 e. The Balaban J connectivity index is 2.70. The van der Waals surface area contributed by atoms with E-state index in [9.17, 15) is 9.59 Å². The summed E-state index contributed by atoms with van der Waals surface area (Å²) in [5.74, 6) is 6.24. The summed E-state index contributed by atoms with van der Waals surface area (Å²) in [6.45, 7) is 37.1. The summed E-state index contributed by atoms with van der Waals surface area (Å²) < 4.78 is 27.9. The van der Waals surface area contributed by atoms with Gasteiger partial charge in [0.05, 0.1) is 12.2 Å². The van der Waals surface area contributed by atoms with Crippen LogP contribution < -0.4 is 0 Å². The van der Waals surface area contributed by atoms with Crippen molar-refractivity contribution in [3.63, 3.8) is 0 Å². The van der Waals surface area contributed by atoms with Crippen molar-refractivity contribution in [2.45, 2.75) is 182 Å². The summed E-state index contributed by atoms with van der Waals surface area (Å²) in [6, 6.07) is 0. The molecular weight excluding hydrogens is 599 g/mol.